The average Bonchev–Trinajstić information content (AvgIpc) is 2.78. The molecule has 1 aliphatic rings. The quantitative estimate of drug-likeness (QED) is 0.616. The molecule has 1 aromatic carbocycles. The van der Waals surface area contributed by atoms with Gasteiger partial charge in [0.2, 0.25) is 0 Å². The molecule has 1 heterocycles. The van der Waals surface area contributed by atoms with Crippen LogP contribution in [0.2, 0.25) is 0 Å². The Morgan fingerprint density at radius 3 is 2.78 bits per heavy atom. The normalized spacial score (nSPS) is 18.1. The summed E-state index contributed by atoms with van der Waals surface area (Å²) in [7, 11) is 1.63. The maximum absolute atomic E-state index is 12.6. The molecule has 1 aliphatic carbocycles. The summed E-state index contributed by atoms with van der Waals surface area (Å²) >= 11 is 0. The first-order valence-electron chi connectivity index (χ1n) is 7.38. The lowest BCUT2D eigenvalue weighted by atomic mass is 9.92. The summed E-state index contributed by atoms with van der Waals surface area (Å²) in [4.78, 5) is 36.3. The third kappa shape index (κ3) is 2.49. The van der Waals surface area contributed by atoms with E-state index < -0.39 is 6.04 Å². The van der Waals surface area contributed by atoms with Gasteiger partial charge in [-0.05, 0) is 18.6 Å². The Bertz CT molecular complexity index is 924. The van der Waals surface area contributed by atoms with E-state index in [0.717, 1.165) is 0 Å². The van der Waals surface area contributed by atoms with Crippen LogP contribution in [0.4, 0.5) is 0 Å². The van der Waals surface area contributed by atoms with Crippen LogP contribution >= 0.6 is 0 Å². The van der Waals surface area contributed by atoms with Crippen molar-refractivity contribution in [2.75, 3.05) is 6.61 Å². The van der Waals surface area contributed by atoms with Crippen LogP contribution in [0.15, 0.2) is 23.0 Å². The van der Waals surface area contributed by atoms with Crippen LogP contribution in [0, 0.1) is 11.8 Å². The van der Waals surface area contributed by atoms with Crippen molar-refractivity contribution >= 4 is 22.6 Å². The number of nitrogens with zero attached hydrogens (tertiary/aromatic N) is 2. The number of Topliss-reactive ketones (excluding diaryl/α,β-unsaturated/α-hetero) is 2. The first-order chi connectivity index (χ1) is 11.0. The maximum Gasteiger partial charge on any atom is 0.329 e. The Morgan fingerprint density at radius 2 is 2.09 bits per heavy atom. The van der Waals surface area contributed by atoms with Gasteiger partial charge in [-0.25, -0.2) is 4.79 Å². The van der Waals surface area contributed by atoms with E-state index in [2.05, 4.69) is 11.8 Å². The number of hydrogen-bond donors (Lipinski definition) is 1. The summed E-state index contributed by atoms with van der Waals surface area (Å²) in [6.07, 6.45) is 0.546. The first-order valence-corrected chi connectivity index (χ1v) is 7.38. The molecule has 6 heteroatoms. The highest BCUT2D eigenvalue weighted by Crippen LogP contribution is 2.27. The zero-order chi connectivity index (χ0) is 16.6. The lowest BCUT2D eigenvalue weighted by Crippen LogP contribution is -2.34. The molecule has 1 fully saturated rings. The highest BCUT2D eigenvalue weighted by molar-refractivity contribution is 6.03. The Morgan fingerprint density at radius 1 is 1.30 bits per heavy atom. The lowest BCUT2D eigenvalue weighted by molar-refractivity contribution is -0.132. The fraction of sp³-hybridized carbons (Fsp3) is 0.353. The number of hydrogen-bond acceptors (Lipinski definition) is 4. The summed E-state index contributed by atoms with van der Waals surface area (Å²) in [6.45, 7) is -0.270. The summed E-state index contributed by atoms with van der Waals surface area (Å²) in [5, 5.41) is 8.87. The minimum absolute atomic E-state index is 0.0750. The minimum atomic E-state index is -0.607. The molecule has 1 saturated carbocycles. The van der Waals surface area contributed by atoms with Crippen LogP contribution < -0.4 is 5.69 Å². The molecule has 0 aliphatic heterocycles. The second-order valence-corrected chi connectivity index (χ2v) is 5.58. The summed E-state index contributed by atoms with van der Waals surface area (Å²) in [5.41, 5.74) is 1.57. The van der Waals surface area contributed by atoms with E-state index in [1.54, 1.807) is 25.2 Å². The van der Waals surface area contributed by atoms with Gasteiger partial charge in [0.1, 0.15) is 12.4 Å². The summed E-state index contributed by atoms with van der Waals surface area (Å²) in [6, 6.07) is 4.69. The number of fused-ring (bicyclic) bond motifs is 1. The molecule has 6 nitrogen and oxygen atoms in total. The summed E-state index contributed by atoms with van der Waals surface area (Å²) < 4.78 is 2.93. The van der Waals surface area contributed by atoms with Gasteiger partial charge in [0, 0.05) is 13.5 Å². The molecule has 0 bridgehead atoms. The Balaban J connectivity index is 2.23. The number of carbonyl (C=O) groups is 2. The smallest absolute Gasteiger partial charge is 0.329 e. The molecular weight excluding hydrogens is 296 g/mol. The van der Waals surface area contributed by atoms with Gasteiger partial charge in [-0.2, -0.15) is 0 Å². The van der Waals surface area contributed by atoms with Crippen LogP contribution in [0.5, 0.6) is 0 Å². The van der Waals surface area contributed by atoms with Gasteiger partial charge in [0.25, 0.3) is 0 Å². The number of rotatable bonds is 1. The molecule has 2 aromatic rings. The van der Waals surface area contributed by atoms with E-state index in [0.29, 0.717) is 29.4 Å². The van der Waals surface area contributed by atoms with E-state index >= 15 is 0 Å². The molecule has 1 aromatic heterocycles. The molecule has 0 radical (unpaired) electrons. The number of aliphatic hydroxyl groups is 1. The fourth-order valence-corrected chi connectivity index (χ4v) is 3.11. The second-order valence-electron chi connectivity index (χ2n) is 5.58. The number of para-hydroxylation sites is 1. The molecule has 3 rings (SSSR count). The highest BCUT2D eigenvalue weighted by atomic mass is 16.2. The molecule has 0 saturated heterocycles. The lowest BCUT2D eigenvalue weighted by Gasteiger charge is -2.21. The number of carbonyl (C=O) groups excluding carboxylic acids is 2. The van der Waals surface area contributed by atoms with Crippen LogP contribution in [0.3, 0.4) is 0 Å². The average molecular weight is 312 g/mol. The Kier molecular flexibility index (Phi) is 3.89. The fourth-order valence-electron chi connectivity index (χ4n) is 3.11. The largest absolute Gasteiger partial charge is 0.384 e. The standard InChI is InChI=1S/C17H16N2O4/c1-18-16-11(5-3-9-20)4-2-6-14(16)19(17(18)23)13-8-7-12(21)10-15(13)22/h2,4,6,13,20H,7-10H2,1H3. The van der Waals surface area contributed by atoms with Gasteiger partial charge in [0.15, 0.2) is 5.78 Å². The SMILES string of the molecule is Cn1c(=O)n(C2CCC(=O)CC2=O)c2cccc(C#CCO)c21. The van der Waals surface area contributed by atoms with Crippen LogP contribution in [-0.2, 0) is 16.6 Å². The Labute approximate surface area is 132 Å². The van der Waals surface area contributed by atoms with Crippen LogP contribution in [-0.4, -0.2) is 32.4 Å². The number of aromatic nitrogens is 2. The molecule has 1 atom stereocenters. The van der Waals surface area contributed by atoms with Crippen molar-refractivity contribution in [3.05, 3.63) is 34.2 Å². The zero-order valence-electron chi connectivity index (χ0n) is 12.7. The van der Waals surface area contributed by atoms with E-state index in [1.807, 2.05) is 0 Å². The van der Waals surface area contributed by atoms with Gasteiger partial charge in [-0.1, -0.05) is 17.9 Å². The first kappa shape index (κ1) is 15.3. The molecule has 23 heavy (non-hydrogen) atoms. The molecule has 0 amide bonds. The monoisotopic (exact) mass is 312 g/mol. The van der Waals surface area contributed by atoms with E-state index in [-0.39, 0.29) is 30.3 Å². The van der Waals surface area contributed by atoms with Gasteiger partial charge in [0.05, 0.1) is 29.1 Å². The second kappa shape index (κ2) is 5.86. The number of benzene rings is 1. The van der Waals surface area contributed by atoms with E-state index in [1.165, 1.54) is 9.13 Å². The predicted molar refractivity (Wildman–Crippen MR) is 84.0 cm³/mol. The number of ketones is 2. The van der Waals surface area contributed by atoms with Crippen molar-refractivity contribution in [3.8, 4) is 11.8 Å². The third-order valence-corrected chi connectivity index (χ3v) is 4.16. The van der Waals surface area contributed by atoms with Crippen molar-refractivity contribution < 1.29 is 14.7 Å². The third-order valence-electron chi connectivity index (χ3n) is 4.16. The topological polar surface area (TPSA) is 81.3 Å². The Hall–Kier alpha value is -2.65. The van der Waals surface area contributed by atoms with Crippen LogP contribution in [0.25, 0.3) is 11.0 Å². The predicted octanol–water partition coefficient (Wildman–Crippen LogP) is 0.547. The van der Waals surface area contributed by atoms with Gasteiger partial charge in [-0.3, -0.25) is 18.7 Å². The molecular formula is C17H16N2O4. The van der Waals surface area contributed by atoms with E-state index in [4.69, 9.17) is 5.11 Å². The summed E-state index contributed by atoms with van der Waals surface area (Å²) in [5.74, 6) is 5.11. The number of imidazole rings is 1. The van der Waals surface area contributed by atoms with Crippen molar-refractivity contribution in [1.82, 2.24) is 9.13 Å². The van der Waals surface area contributed by atoms with Crippen molar-refractivity contribution in [1.29, 1.82) is 0 Å². The maximum atomic E-state index is 12.6. The minimum Gasteiger partial charge on any atom is -0.384 e. The van der Waals surface area contributed by atoms with Gasteiger partial charge < -0.3 is 5.11 Å². The number of aryl methyl sites for hydroxylation is 1. The zero-order valence-corrected chi connectivity index (χ0v) is 12.7. The molecule has 118 valence electrons. The number of aliphatic hydroxyl groups excluding tert-OH is 1. The van der Waals surface area contributed by atoms with E-state index in [9.17, 15) is 14.4 Å². The highest BCUT2D eigenvalue weighted by Gasteiger charge is 2.31. The van der Waals surface area contributed by atoms with Crippen molar-refractivity contribution in [2.24, 2.45) is 7.05 Å². The molecule has 0 spiro atoms. The van der Waals surface area contributed by atoms with Crippen LogP contribution in [0.1, 0.15) is 30.9 Å². The van der Waals surface area contributed by atoms with Gasteiger partial charge >= 0.3 is 5.69 Å². The van der Waals surface area contributed by atoms with Crippen molar-refractivity contribution in [3.63, 3.8) is 0 Å². The van der Waals surface area contributed by atoms with Gasteiger partial charge in [-0.15, -0.1) is 0 Å². The van der Waals surface area contributed by atoms with Crippen molar-refractivity contribution in [2.45, 2.75) is 25.3 Å². The molecule has 1 N–H and O–H groups in total. The molecule has 1 unspecified atom stereocenters.